The molecule has 3 aromatic carbocycles. The molecule has 1 heterocycles. The van der Waals surface area contributed by atoms with Crippen LogP contribution in [0, 0.1) is 0 Å². The Labute approximate surface area is 206 Å². The maximum absolute atomic E-state index is 6.15. The van der Waals surface area contributed by atoms with Gasteiger partial charge in [0.25, 0.3) is 0 Å². The maximum Gasteiger partial charge on any atom is 0.203 e. The molecule has 0 aliphatic heterocycles. The van der Waals surface area contributed by atoms with Crippen molar-refractivity contribution in [1.82, 2.24) is 14.8 Å². The van der Waals surface area contributed by atoms with Gasteiger partial charge < -0.3 is 14.2 Å². The second kappa shape index (κ2) is 10.4. The number of ether oxygens (including phenoxy) is 3. The molecule has 1 aromatic heterocycles. The SMILES string of the molecule is COc1cc(-c2nnc(SCc3cccc(Cl)c3)n2-c2ccc(Cl)cc2)cc(OC)c1OC. The summed E-state index contributed by atoms with van der Waals surface area (Å²) in [6, 6.07) is 19.0. The summed E-state index contributed by atoms with van der Waals surface area (Å²) < 4.78 is 18.5. The zero-order valence-corrected chi connectivity index (χ0v) is 20.5. The molecule has 33 heavy (non-hydrogen) atoms. The van der Waals surface area contributed by atoms with Crippen LogP contribution < -0.4 is 14.2 Å². The monoisotopic (exact) mass is 501 g/mol. The lowest BCUT2D eigenvalue weighted by molar-refractivity contribution is 0.324. The molecule has 0 radical (unpaired) electrons. The van der Waals surface area contributed by atoms with Gasteiger partial charge in [0.05, 0.1) is 21.3 Å². The van der Waals surface area contributed by atoms with Crippen LogP contribution in [-0.4, -0.2) is 36.1 Å². The Balaban J connectivity index is 1.81. The van der Waals surface area contributed by atoms with Gasteiger partial charge in [-0.2, -0.15) is 0 Å². The summed E-state index contributed by atoms with van der Waals surface area (Å²) in [5, 5.41) is 11.1. The van der Waals surface area contributed by atoms with E-state index in [4.69, 9.17) is 37.4 Å². The van der Waals surface area contributed by atoms with E-state index in [0.29, 0.717) is 38.9 Å². The highest BCUT2D eigenvalue weighted by Gasteiger charge is 2.21. The molecule has 4 aromatic rings. The van der Waals surface area contributed by atoms with Gasteiger partial charge in [0, 0.05) is 27.0 Å². The van der Waals surface area contributed by atoms with Gasteiger partial charge in [0.2, 0.25) is 5.75 Å². The predicted molar refractivity (Wildman–Crippen MR) is 132 cm³/mol. The van der Waals surface area contributed by atoms with E-state index in [1.807, 2.05) is 65.2 Å². The summed E-state index contributed by atoms with van der Waals surface area (Å²) in [6.07, 6.45) is 0. The summed E-state index contributed by atoms with van der Waals surface area (Å²) in [4.78, 5) is 0. The van der Waals surface area contributed by atoms with Crippen LogP contribution in [0.15, 0.2) is 65.8 Å². The summed E-state index contributed by atoms with van der Waals surface area (Å²) >= 11 is 13.8. The first-order chi connectivity index (χ1) is 16.0. The number of hydrogen-bond acceptors (Lipinski definition) is 6. The first-order valence-electron chi connectivity index (χ1n) is 9.93. The molecule has 0 amide bonds. The van der Waals surface area contributed by atoms with Gasteiger partial charge in [0.15, 0.2) is 22.5 Å². The van der Waals surface area contributed by atoms with Crippen molar-refractivity contribution in [3.05, 3.63) is 76.3 Å². The summed E-state index contributed by atoms with van der Waals surface area (Å²) in [7, 11) is 4.73. The number of aromatic nitrogens is 3. The van der Waals surface area contributed by atoms with Crippen LogP contribution in [0.25, 0.3) is 17.1 Å². The number of hydrogen-bond donors (Lipinski definition) is 0. The first-order valence-corrected chi connectivity index (χ1v) is 11.7. The lowest BCUT2D eigenvalue weighted by Crippen LogP contribution is -2.01. The van der Waals surface area contributed by atoms with Crippen LogP contribution in [0.3, 0.4) is 0 Å². The van der Waals surface area contributed by atoms with Crippen LogP contribution in [0.2, 0.25) is 10.0 Å². The third kappa shape index (κ3) is 5.05. The highest BCUT2D eigenvalue weighted by atomic mass is 35.5. The molecule has 0 atom stereocenters. The fraction of sp³-hybridized carbons (Fsp3) is 0.167. The molecule has 9 heteroatoms. The van der Waals surface area contributed by atoms with Crippen LogP contribution in [0.4, 0.5) is 0 Å². The molecule has 0 saturated heterocycles. The van der Waals surface area contributed by atoms with Gasteiger partial charge in [-0.15, -0.1) is 10.2 Å². The minimum atomic E-state index is 0.511. The Kier molecular flexibility index (Phi) is 7.33. The fourth-order valence-corrected chi connectivity index (χ4v) is 4.59. The van der Waals surface area contributed by atoms with Gasteiger partial charge in [-0.05, 0) is 54.1 Å². The minimum Gasteiger partial charge on any atom is -0.493 e. The Morgan fingerprint density at radius 1 is 0.818 bits per heavy atom. The van der Waals surface area contributed by atoms with Crippen LogP contribution in [0.5, 0.6) is 17.2 Å². The summed E-state index contributed by atoms with van der Waals surface area (Å²) in [6.45, 7) is 0. The number of thioether (sulfide) groups is 1. The van der Waals surface area contributed by atoms with Crippen molar-refractivity contribution in [2.24, 2.45) is 0 Å². The van der Waals surface area contributed by atoms with Crippen molar-refractivity contribution in [3.63, 3.8) is 0 Å². The highest BCUT2D eigenvalue weighted by Crippen LogP contribution is 2.42. The van der Waals surface area contributed by atoms with Crippen LogP contribution in [0.1, 0.15) is 5.56 Å². The molecule has 0 fully saturated rings. The molecule has 0 N–H and O–H groups in total. The first kappa shape index (κ1) is 23.3. The van der Waals surface area contributed by atoms with E-state index in [1.54, 1.807) is 33.1 Å². The van der Waals surface area contributed by atoms with Gasteiger partial charge >= 0.3 is 0 Å². The van der Waals surface area contributed by atoms with E-state index >= 15 is 0 Å². The second-order valence-electron chi connectivity index (χ2n) is 6.95. The predicted octanol–water partition coefficient (Wildman–Crippen LogP) is 6.56. The summed E-state index contributed by atoms with van der Waals surface area (Å²) in [5.41, 5.74) is 2.73. The molecule has 0 spiro atoms. The van der Waals surface area contributed by atoms with E-state index in [1.165, 1.54) is 0 Å². The van der Waals surface area contributed by atoms with Crippen molar-refractivity contribution in [2.75, 3.05) is 21.3 Å². The highest BCUT2D eigenvalue weighted by molar-refractivity contribution is 7.98. The van der Waals surface area contributed by atoms with Crippen molar-refractivity contribution in [2.45, 2.75) is 10.9 Å². The zero-order chi connectivity index (χ0) is 23.4. The van der Waals surface area contributed by atoms with Crippen molar-refractivity contribution >= 4 is 35.0 Å². The van der Waals surface area contributed by atoms with E-state index in [-0.39, 0.29) is 0 Å². The third-order valence-corrected chi connectivity index (χ3v) is 6.39. The van der Waals surface area contributed by atoms with E-state index in [9.17, 15) is 0 Å². The quantitative estimate of drug-likeness (QED) is 0.255. The maximum atomic E-state index is 6.15. The van der Waals surface area contributed by atoms with Gasteiger partial charge in [-0.25, -0.2) is 0 Å². The number of nitrogens with zero attached hydrogens (tertiary/aromatic N) is 3. The second-order valence-corrected chi connectivity index (χ2v) is 8.77. The standard InChI is InChI=1S/C24H21Cl2N3O3S/c1-30-20-12-16(13-21(31-2)22(20)32-3)23-27-28-24(29(23)19-9-7-17(25)8-10-19)33-14-15-5-4-6-18(26)11-15/h4-13H,14H2,1-3H3. The molecule has 0 saturated carbocycles. The van der Waals surface area contributed by atoms with Crippen LogP contribution in [-0.2, 0) is 5.75 Å². The van der Waals surface area contributed by atoms with Crippen LogP contribution >= 0.6 is 35.0 Å². The number of rotatable bonds is 8. The molecule has 0 bridgehead atoms. The lowest BCUT2D eigenvalue weighted by Gasteiger charge is -2.15. The lowest BCUT2D eigenvalue weighted by atomic mass is 10.1. The molecular formula is C24H21Cl2N3O3S. The number of methoxy groups -OCH3 is 3. The smallest absolute Gasteiger partial charge is 0.203 e. The average molecular weight is 502 g/mol. The Morgan fingerprint density at radius 2 is 1.52 bits per heavy atom. The molecule has 0 aliphatic carbocycles. The molecule has 0 unspecified atom stereocenters. The molecular weight excluding hydrogens is 481 g/mol. The van der Waals surface area contributed by atoms with Gasteiger partial charge in [0.1, 0.15) is 0 Å². The zero-order valence-electron chi connectivity index (χ0n) is 18.2. The van der Waals surface area contributed by atoms with Gasteiger partial charge in [-0.1, -0.05) is 47.1 Å². The Morgan fingerprint density at radius 3 is 2.12 bits per heavy atom. The number of benzene rings is 3. The van der Waals surface area contributed by atoms with E-state index in [0.717, 1.165) is 22.0 Å². The molecule has 0 aliphatic rings. The topological polar surface area (TPSA) is 58.4 Å². The van der Waals surface area contributed by atoms with E-state index < -0.39 is 0 Å². The van der Waals surface area contributed by atoms with Crippen molar-refractivity contribution < 1.29 is 14.2 Å². The minimum absolute atomic E-state index is 0.511. The summed E-state index contributed by atoms with van der Waals surface area (Å²) in [5.74, 6) is 2.89. The molecule has 4 rings (SSSR count). The average Bonchev–Trinajstić information content (AvgIpc) is 3.26. The Bertz CT molecular complexity index is 1240. The van der Waals surface area contributed by atoms with Gasteiger partial charge in [-0.3, -0.25) is 4.57 Å². The number of halogens is 2. The largest absolute Gasteiger partial charge is 0.493 e. The molecule has 170 valence electrons. The van der Waals surface area contributed by atoms with Crippen molar-refractivity contribution in [3.8, 4) is 34.3 Å². The molecule has 6 nitrogen and oxygen atoms in total. The third-order valence-electron chi connectivity index (χ3n) is 4.90. The normalized spacial score (nSPS) is 10.8. The van der Waals surface area contributed by atoms with E-state index in [2.05, 4.69) is 10.2 Å². The van der Waals surface area contributed by atoms with Crippen molar-refractivity contribution in [1.29, 1.82) is 0 Å². The Hall–Kier alpha value is -2.87. The fourth-order valence-electron chi connectivity index (χ4n) is 3.36.